The molecule has 0 aliphatic carbocycles. The molecule has 1 unspecified atom stereocenters. The van der Waals surface area contributed by atoms with Crippen LogP contribution in [0.3, 0.4) is 0 Å². The number of nitrogens with zero attached hydrogens (tertiary/aromatic N) is 4. The predicted octanol–water partition coefficient (Wildman–Crippen LogP) is 4.71. The molecular weight excluding hydrogens is 418 g/mol. The molecule has 4 rings (SSSR count). The highest BCUT2D eigenvalue weighted by Gasteiger charge is 2.25. The van der Waals surface area contributed by atoms with Gasteiger partial charge < -0.3 is 18.9 Å². The zero-order valence-electron chi connectivity index (χ0n) is 18.8. The van der Waals surface area contributed by atoms with Gasteiger partial charge in [0.1, 0.15) is 29.1 Å². The Labute approximate surface area is 186 Å². The summed E-state index contributed by atoms with van der Waals surface area (Å²) in [5.41, 5.74) is -0.227. The smallest absolute Gasteiger partial charge is 0.324 e. The van der Waals surface area contributed by atoms with Gasteiger partial charge in [-0.2, -0.15) is 4.98 Å². The Morgan fingerprint density at radius 1 is 1.19 bits per heavy atom. The number of anilines is 1. The van der Waals surface area contributed by atoms with E-state index in [9.17, 15) is 8.78 Å². The fourth-order valence-corrected chi connectivity index (χ4v) is 4.02. The van der Waals surface area contributed by atoms with Gasteiger partial charge in [0.15, 0.2) is 5.82 Å². The first kappa shape index (κ1) is 22.5. The normalized spacial score (nSPS) is 19.4. The highest BCUT2D eigenvalue weighted by Crippen LogP contribution is 2.27. The van der Waals surface area contributed by atoms with E-state index in [-0.39, 0.29) is 29.2 Å². The molecule has 9 heteroatoms. The number of aromatic nitrogens is 2. The summed E-state index contributed by atoms with van der Waals surface area (Å²) in [6.07, 6.45) is 3.73. The van der Waals surface area contributed by atoms with Crippen molar-refractivity contribution in [1.82, 2.24) is 10.1 Å². The monoisotopic (exact) mass is 448 g/mol. The van der Waals surface area contributed by atoms with Crippen LogP contribution in [-0.4, -0.2) is 48.4 Å². The Morgan fingerprint density at radius 3 is 2.50 bits per heavy atom. The van der Waals surface area contributed by atoms with Crippen molar-refractivity contribution in [1.29, 1.82) is 0 Å². The van der Waals surface area contributed by atoms with Crippen LogP contribution in [0.4, 0.5) is 14.8 Å². The maximum atomic E-state index is 14.4. The van der Waals surface area contributed by atoms with Crippen molar-refractivity contribution in [3.8, 4) is 5.75 Å². The molecule has 174 valence electrons. The van der Waals surface area contributed by atoms with E-state index in [0.29, 0.717) is 25.1 Å². The standard InChI is InChI=1S/C23H30F2N4O3/c1-14(2)21-27-23(32-28-21)29-8-6-16(7-9-29)5-4-10-30-17-11-18(24)20(19(25)12-17)22-26-13-15(3)31-22/h11-12,14-16H,4-10,13H2,1-3H3. The maximum absolute atomic E-state index is 14.4. The predicted molar refractivity (Wildman–Crippen MR) is 116 cm³/mol. The van der Waals surface area contributed by atoms with Crippen LogP contribution in [0.5, 0.6) is 5.75 Å². The molecule has 7 nitrogen and oxygen atoms in total. The minimum absolute atomic E-state index is 0.0198. The first-order valence-corrected chi connectivity index (χ1v) is 11.3. The molecule has 32 heavy (non-hydrogen) atoms. The second-order valence-corrected chi connectivity index (χ2v) is 8.85. The molecule has 0 spiro atoms. The Morgan fingerprint density at radius 2 is 1.91 bits per heavy atom. The lowest BCUT2D eigenvalue weighted by Crippen LogP contribution is -2.34. The van der Waals surface area contributed by atoms with Crippen molar-refractivity contribution in [2.45, 2.75) is 58.5 Å². The van der Waals surface area contributed by atoms with Crippen molar-refractivity contribution in [2.24, 2.45) is 10.9 Å². The molecule has 2 aliphatic heterocycles. The van der Waals surface area contributed by atoms with Gasteiger partial charge in [-0.15, -0.1) is 0 Å². The topological polar surface area (TPSA) is 73.0 Å². The lowest BCUT2D eigenvalue weighted by molar-refractivity contribution is 0.244. The molecule has 2 aromatic rings. The van der Waals surface area contributed by atoms with E-state index in [2.05, 4.69) is 20.0 Å². The molecule has 0 amide bonds. The van der Waals surface area contributed by atoms with Gasteiger partial charge in [-0.1, -0.05) is 19.0 Å². The van der Waals surface area contributed by atoms with Crippen molar-refractivity contribution in [3.63, 3.8) is 0 Å². The number of rotatable bonds is 8. The molecule has 1 saturated heterocycles. The third-order valence-corrected chi connectivity index (χ3v) is 5.89. The molecule has 0 N–H and O–H groups in total. The highest BCUT2D eigenvalue weighted by molar-refractivity contribution is 5.95. The third kappa shape index (κ3) is 5.19. The largest absolute Gasteiger partial charge is 0.493 e. The van der Waals surface area contributed by atoms with Crippen molar-refractivity contribution < 1.29 is 22.8 Å². The summed E-state index contributed by atoms with van der Waals surface area (Å²) < 4.78 is 45.2. The molecule has 0 bridgehead atoms. The van der Waals surface area contributed by atoms with Gasteiger partial charge in [0.25, 0.3) is 0 Å². The lowest BCUT2D eigenvalue weighted by atomic mass is 9.92. The number of hydrogen-bond donors (Lipinski definition) is 0. The van der Waals surface area contributed by atoms with Crippen LogP contribution < -0.4 is 9.64 Å². The van der Waals surface area contributed by atoms with Gasteiger partial charge in [-0.3, -0.25) is 0 Å². The second kappa shape index (κ2) is 9.83. The maximum Gasteiger partial charge on any atom is 0.324 e. The molecule has 1 aromatic heterocycles. The van der Waals surface area contributed by atoms with Crippen LogP contribution >= 0.6 is 0 Å². The SMILES string of the molecule is CC1CN=C(c2c(F)cc(OCCCC3CCN(c4nc(C(C)C)no4)CC3)cc2F)O1. The van der Waals surface area contributed by atoms with Gasteiger partial charge in [0.05, 0.1) is 13.2 Å². The van der Waals surface area contributed by atoms with Crippen LogP contribution in [0.15, 0.2) is 21.6 Å². The third-order valence-electron chi connectivity index (χ3n) is 5.89. The zero-order chi connectivity index (χ0) is 22.7. The Kier molecular flexibility index (Phi) is 6.91. The van der Waals surface area contributed by atoms with Crippen molar-refractivity contribution in [2.75, 3.05) is 31.1 Å². The summed E-state index contributed by atoms with van der Waals surface area (Å²) in [5, 5.41) is 4.03. The minimum atomic E-state index is -0.720. The van der Waals surface area contributed by atoms with E-state index in [1.807, 2.05) is 13.8 Å². The van der Waals surface area contributed by atoms with Gasteiger partial charge in [0, 0.05) is 31.1 Å². The fraction of sp³-hybridized carbons (Fsp3) is 0.609. The Hall–Kier alpha value is -2.71. The quantitative estimate of drug-likeness (QED) is 0.545. The first-order chi connectivity index (χ1) is 15.4. The van der Waals surface area contributed by atoms with E-state index >= 15 is 0 Å². The van der Waals surface area contributed by atoms with Crippen LogP contribution in [0.2, 0.25) is 0 Å². The van der Waals surface area contributed by atoms with Gasteiger partial charge in [0.2, 0.25) is 5.90 Å². The van der Waals surface area contributed by atoms with Crippen LogP contribution in [-0.2, 0) is 4.74 Å². The van der Waals surface area contributed by atoms with Gasteiger partial charge >= 0.3 is 6.01 Å². The molecule has 0 radical (unpaired) electrons. The second-order valence-electron chi connectivity index (χ2n) is 8.85. The molecule has 1 aromatic carbocycles. The molecular formula is C23H30F2N4O3. The van der Waals surface area contributed by atoms with Crippen molar-refractivity contribution >= 4 is 11.9 Å². The lowest BCUT2D eigenvalue weighted by Gasteiger charge is -2.30. The Bertz CT molecular complexity index is 931. The molecule has 3 heterocycles. The summed E-state index contributed by atoms with van der Waals surface area (Å²) in [6, 6.07) is 3.00. The first-order valence-electron chi connectivity index (χ1n) is 11.3. The minimum Gasteiger partial charge on any atom is -0.493 e. The molecule has 1 atom stereocenters. The van der Waals surface area contributed by atoms with Crippen LogP contribution in [0.25, 0.3) is 0 Å². The summed E-state index contributed by atoms with van der Waals surface area (Å²) in [7, 11) is 0. The average Bonchev–Trinajstić information content (AvgIpc) is 3.41. The summed E-state index contributed by atoms with van der Waals surface area (Å²) in [5.74, 6) is 0.325. The van der Waals surface area contributed by atoms with E-state index in [4.69, 9.17) is 14.0 Å². The number of ether oxygens (including phenoxy) is 2. The number of aliphatic imine (C=N–C) groups is 1. The summed E-state index contributed by atoms with van der Waals surface area (Å²) in [4.78, 5) is 10.7. The van der Waals surface area contributed by atoms with Gasteiger partial charge in [-0.05, 0) is 38.5 Å². The van der Waals surface area contributed by atoms with E-state index in [0.717, 1.165) is 44.6 Å². The average molecular weight is 449 g/mol. The number of piperidine rings is 1. The Balaban J connectivity index is 1.20. The highest BCUT2D eigenvalue weighted by atomic mass is 19.1. The molecule has 1 fully saturated rings. The van der Waals surface area contributed by atoms with E-state index in [1.54, 1.807) is 6.92 Å². The summed E-state index contributed by atoms with van der Waals surface area (Å²) >= 11 is 0. The zero-order valence-corrected chi connectivity index (χ0v) is 18.8. The van der Waals surface area contributed by atoms with E-state index < -0.39 is 11.6 Å². The van der Waals surface area contributed by atoms with Crippen LogP contribution in [0.1, 0.15) is 63.8 Å². The van der Waals surface area contributed by atoms with Crippen molar-refractivity contribution in [3.05, 3.63) is 35.2 Å². The fourth-order valence-electron chi connectivity index (χ4n) is 4.02. The molecule has 0 saturated carbocycles. The summed E-state index contributed by atoms with van der Waals surface area (Å²) in [6.45, 7) is 8.47. The van der Waals surface area contributed by atoms with Gasteiger partial charge in [-0.25, -0.2) is 13.8 Å². The molecule has 2 aliphatic rings. The van der Waals surface area contributed by atoms with E-state index in [1.165, 1.54) is 12.1 Å². The van der Waals surface area contributed by atoms with Crippen LogP contribution in [0, 0.1) is 17.6 Å². The number of halogens is 2. The number of benzene rings is 1. The number of hydrogen-bond acceptors (Lipinski definition) is 7.